The van der Waals surface area contributed by atoms with E-state index in [2.05, 4.69) is 77.7 Å². The summed E-state index contributed by atoms with van der Waals surface area (Å²) in [6.45, 7) is 1.70. The molecule has 0 bridgehead atoms. The van der Waals surface area contributed by atoms with Gasteiger partial charge in [-0.25, -0.2) is 0 Å². The zero-order valence-electron chi connectivity index (χ0n) is 18.5. The van der Waals surface area contributed by atoms with E-state index in [1.807, 2.05) is 12.1 Å². The summed E-state index contributed by atoms with van der Waals surface area (Å²) in [4.78, 5) is 2.41. The highest BCUT2D eigenvalue weighted by Crippen LogP contribution is 2.40. The van der Waals surface area contributed by atoms with Crippen LogP contribution >= 0.6 is 0 Å². The maximum absolute atomic E-state index is 6.63. The van der Waals surface area contributed by atoms with E-state index in [-0.39, 0.29) is 6.23 Å². The van der Waals surface area contributed by atoms with Crippen LogP contribution in [0.5, 0.6) is 17.2 Å². The Morgan fingerprint density at radius 3 is 2.44 bits per heavy atom. The SMILES string of the molecule is COc1ccc(C2Oc3ccc4ccccc4c3CN2CCc2ccccc2)cc1OC. The van der Waals surface area contributed by atoms with Crippen molar-refractivity contribution in [2.24, 2.45) is 0 Å². The molecule has 0 saturated carbocycles. The van der Waals surface area contributed by atoms with Crippen molar-refractivity contribution in [1.82, 2.24) is 4.90 Å². The first-order chi connectivity index (χ1) is 15.8. The number of hydrogen-bond acceptors (Lipinski definition) is 4. The number of ether oxygens (including phenoxy) is 3. The largest absolute Gasteiger partial charge is 0.493 e. The first kappa shape index (κ1) is 20.4. The van der Waals surface area contributed by atoms with Gasteiger partial charge >= 0.3 is 0 Å². The van der Waals surface area contributed by atoms with Gasteiger partial charge < -0.3 is 14.2 Å². The van der Waals surface area contributed by atoms with E-state index in [4.69, 9.17) is 14.2 Å². The third-order valence-corrected chi connectivity index (χ3v) is 6.15. The van der Waals surface area contributed by atoms with Crippen LogP contribution < -0.4 is 14.2 Å². The maximum atomic E-state index is 6.63. The van der Waals surface area contributed by atoms with Gasteiger partial charge in [-0.05, 0) is 47.0 Å². The van der Waals surface area contributed by atoms with E-state index < -0.39 is 0 Å². The summed E-state index contributed by atoms with van der Waals surface area (Å²) < 4.78 is 17.6. The second-order valence-corrected chi connectivity index (χ2v) is 8.05. The first-order valence-electron chi connectivity index (χ1n) is 10.9. The molecule has 0 amide bonds. The molecule has 0 radical (unpaired) electrons. The molecule has 0 N–H and O–H groups in total. The Labute approximate surface area is 189 Å². The fraction of sp³-hybridized carbons (Fsp3) is 0.214. The lowest BCUT2D eigenvalue weighted by Gasteiger charge is -2.38. The summed E-state index contributed by atoms with van der Waals surface area (Å²) in [7, 11) is 3.32. The standard InChI is InChI=1S/C28H27NO3/c1-30-26-15-13-22(18-27(26)31-2)28-29(17-16-20-8-4-3-5-9-20)19-24-23-11-7-6-10-21(23)12-14-25(24)32-28/h3-15,18,28H,16-17,19H2,1-2H3. The van der Waals surface area contributed by atoms with Gasteiger partial charge in [0.25, 0.3) is 0 Å². The molecule has 5 rings (SSSR count). The highest BCUT2D eigenvalue weighted by atomic mass is 16.5. The lowest BCUT2D eigenvalue weighted by atomic mass is 10.00. The summed E-state index contributed by atoms with van der Waals surface area (Å²) in [6.07, 6.45) is 0.751. The molecule has 4 aromatic carbocycles. The van der Waals surface area contributed by atoms with Crippen LogP contribution in [-0.2, 0) is 13.0 Å². The van der Waals surface area contributed by atoms with Gasteiger partial charge in [-0.1, -0.05) is 60.7 Å². The Morgan fingerprint density at radius 1 is 0.844 bits per heavy atom. The van der Waals surface area contributed by atoms with Gasteiger partial charge in [0.05, 0.1) is 14.2 Å². The molecule has 162 valence electrons. The Bertz CT molecular complexity index is 1220. The molecule has 1 aliphatic heterocycles. The molecular formula is C28H27NO3. The van der Waals surface area contributed by atoms with Crippen LogP contribution in [0, 0.1) is 0 Å². The number of methoxy groups -OCH3 is 2. The van der Waals surface area contributed by atoms with E-state index in [1.54, 1.807) is 14.2 Å². The Hall–Kier alpha value is -3.50. The minimum Gasteiger partial charge on any atom is -0.493 e. The van der Waals surface area contributed by atoms with Crippen molar-refractivity contribution in [2.75, 3.05) is 20.8 Å². The van der Waals surface area contributed by atoms with E-state index >= 15 is 0 Å². The van der Waals surface area contributed by atoms with Crippen LogP contribution in [0.3, 0.4) is 0 Å². The summed E-state index contributed by atoms with van der Waals surface area (Å²) in [5.74, 6) is 2.37. The Morgan fingerprint density at radius 2 is 1.62 bits per heavy atom. The van der Waals surface area contributed by atoms with Gasteiger partial charge in [0.2, 0.25) is 0 Å². The summed E-state index contributed by atoms with van der Waals surface area (Å²) >= 11 is 0. The van der Waals surface area contributed by atoms with Crippen LogP contribution in [0.25, 0.3) is 10.8 Å². The van der Waals surface area contributed by atoms with E-state index in [9.17, 15) is 0 Å². The summed E-state index contributed by atoms with van der Waals surface area (Å²) in [6, 6.07) is 29.4. The molecule has 32 heavy (non-hydrogen) atoms. The molecule has 1 atom stereocenters. The predicted molar refractivity (Wildman–Crippen MR) is 127 cm³/mol. The van der Waals surface area contributed by atoms with Crippen molar-refractivity contribution < 1.29 is 14.2 Å². The molecule has 0 spiro atoms. The van der Waals surface area contributed by atoms with Crippen molar-refractivity contribution in [3.8, 4) is 17.2 Å². The number of fused-ring (bicyclic) bond motifs is 3. The summed E-state index contributed by atoms with van der Waals surface area (Å²) in [5.41, 5.74) is 3.62. The summed E-state index contributed by atoms with van der Waals surface area (Å²) in [5, 5.41) is 2.49. The molecule has 4 aromatic rings. The number of hydrogen-bond donors (Lipinski definition) is 0. The van der Waals surface area contributed by atoms with Gasteiger partial charge in [0.1, 0.15) is 5.75 Å². The highest BCUT2D eigenvalue weighted by Gasteiger charge is 2.30. The minimum atomic E-state index is -0.202. The molecule has 1 aliphatic rings. The normalized spacial score (nSPS) is 15.8. The zero-order valence-corrected chi connectivity index (χ0v) is 18.5. The monoisotopic (exact) mass is 425 g/mol. The van der Waals surface area contributed by atoms with Crippen molar-refractivity contribution in [3.63, 3.8) is 0 Å². The van der Waals surface area contributed by atoms with Crippen molar-refractivity contribution in [2.45, 2.75) is 19.2 Å². The van der Waals surface area contributed by atoms with Gasteiger partial charge in [-0.2, -0.15) is 0 Å². The molecule has 4 heteroatoms. The molecule has 1 heterocycles. The van der Waals surface area contributed by atoms with Gasteiger partial charge in [0, 0.05) is 24.2 Å². The second kappa shape index (κ2) is 8.93. The van der Waals surface area contributed by atoms with Gasteiger partial charge in [-0.15, -0.1) is 0 Å². The third kappa shape index (κ3) is 3.90. The van der Waals surface area contributed by atoms with Crippen LogP contribution in [0.15, 0.2) is 84.9 Å². The topological polar surface area (TPSA) is 30.9 Å². The maximum Gasteiger partial charge on any atom is 0.179 e. The van der Waals surface area contributed by atoms with Crippen LogP contribution in [0.4, 0.5) is 0 Å². The quantitative estimate of drug-likeness (QED) is 0.379. The van der Waals surface area contributed by atoms with Crippen molar-refractivity contribution in [3.05, 3.63) is 102 Å². The fourth-order valence-electron chi connectivity index (χ4n) is 4.47. The lowest BCUT2D eigenvalue weighted by molar-refractivity contribution is -0.00133. The predicted octanol–water partition coefficient (Wildman–Crippen LogP) is 5.99. The molecule has 0 saturated heterocycles. The molecule has 1 unspecified atom stereocenters. The van der Waals surface area contributed by atoms with Gasteiger partial charge in [0.15, 0.2) is 17.7 Å². The molecule has 0 aromatic heterocycles. The molecular weight excluding hydrogens is 398 g/mol. The van der Waals surface area contributed by atoms with Crippen molar-refractivity contribution >= 4 is 10.8 Å². The van der Waals surface area contributed by atoms with Crippen LogP contribution in [-0.4, -0.2) is 25.7 Å². The van der Waals surface area contributed by atoms with Crippen LogP contribution in [0.1, 0.15) is 22.9 Å². The van der Waals surface area contributed by atoms with Crippen LogP contribution in [0.2, 0.25) is 0 Å². The Kier molecular flexibility index (Phi) is 5.70. The number of rotatable bonds is 6. The second-order valence-electron chi connectivity index (χ2n) is 8.05. The smallest absolute Gasteiger partial charge is 0.179 e. The minimum absolute atomic E-state index is 0.202. The third-order valence-electron chi connectivity index (χ3n) is 6.15. The average Bonchev–Trinajstić information content (AvgIpc) is 2.87. The molecule has 0 aliphatic carbocycles. The lowest BCUT2D eigenvalue weighted by Crippen LogP contribution is -2.37. The van der Waals surface area contributed by atoms with Gasteiger partial charge in [-0.3, -0.25) is 4.90 Å². The zero-order chi connectivity index (χ0) is 21.9. The highest BCUT2D eigenvalue weighted by molar-refractivity contribution is 5.87. The average molecular weight is 426 g/mol. The van der Waals surface area contributed by atoms with E-state index in [0.29, 0.717) is 11.5 Å². The molecule has 0 fully saturated rings. The number of benzene rings is 4. The number of nitrogens with zero attached hydrogens (tertiary/aromatic N) is 1. The fourth-order valence-corrected chi connectivity index (χ4v) is 4.47. The van der Waals surface area contributed by atoms with E-state index in [1.165, 1.54) is 21.9 Å². The van der Waals surface area contributed by atoms with Crippen molar-refractivity contribution in [1.29, 1.82) is 0 Å². The molecule has 4 nitrogen and oxygen atoms in total. The Balaban J connectivity index is 1.53. The first-order valence-corrected chi connectivity index (χ1v) is 10.9. The van der Waals surface area contributed by atoms with E-state index in [0.717, 1.165) is 30.8 Å².